The third-order valence-electron chi connectivity index (χ3n) is 5.61. The Morgan fingerprint density at radius 2 is 1.58 bits per heavy atom. The van der Waals surface area contributed by atoms with Gasteiger partial charge in [0.1, 0.15) is 5.58 Å². The summed E-state index contributed by atoms with van der Waals surface area (Å²) in [5.41, 5.74) is 2.83. The minimum atomic E-state index is -0.0109. The van der Waals surface area contributed by atoms with Crippen LogP contribution in [0.25, 0.3) is 22.1 Å². The van der Waals surface area contributed by atoms with Gasteiger partial charge in [0.05, 0.1) is 18.6 Å². The Hall–Kier alpha value is -2.67. The molecule has 0 amide bonds. The Bertz CT molecular complexity index is 1360. The lowest BCUT2D eigenvalue weighted by molar-refractivity contribution is 0.121. The molecule has 31 heavy (non-hydrogen) atoms. The number of benzene rings is 3. The van der Waals surface area contributed by atoms with Crippen LogP contribution >= 0.6 is 23.5 Å². The summed E-state index contributed by atoms with van der Waals surface area (Å²) in [6.45, 7) is 2.75. The molecule has 2 aliphatic rings. The fourth-order valence-electron chi connectivity index (χ4n) is 4.03. The number of anilines is 1. The first-order valence-electron chi connectivity index (χ1n) is 10.2. The van der Waals surface area contributed by atoms with Crippen molar-refractivity contribution in [2.45, 2.75) is 19.6 Å². The van der Waals surface area contributed by atoms with E-state index in [4.69, 9.17) is 9.15 Å². The van der Waals surface area contributed by atoms with Gasteiger partial charge in [-0.2, -0.15) is 0 Å². The molecule has 4 aromatic rings. The third kappa shape index (κ3) is 3.45. The van der Waals surface area contributed by atoms with E-state index < -0.39 is 0 Å². The highest BCUT2D eigenvalue weighted by atomic mass is 32.2. The van der Waals surface area contributed by atoms with Crippen LogP contribution in [0.15, 0.2) is 95.5 Å². The van der Waals surface area contributed by atoms with Gasteiger partial charge in [0.25, 0.3) is 0 Å². The van der Waals surface area contributed by atoms with Crippen LogP contribution in [0.1, 0.15) is 0 Å². The Kier molecular flexibility index (Phi) is 4.78. The summed E-state index contributed by atoms with van der Waals surface area (Å²) in [5.74, 6) is 0.617. The van der Waals surface area contributed by atoms with Crippen LogP contribution in [0.5, 0.6) is 0 Å². The summed E-state index contributed by atoms with van der Waals surface area (Å²) in [6, 6.07) is 22.4. The Labute approximate surface area is 188 Å². The molecule has 6 heteroatoms. The molecule has 1 saturated heterocycles. The Morgan fingerprint density at radius 3 is 2.42 bits per heavy atom. The van der Waals surface area contributed by atoms with Crippen LogP contribution in [0.2, 0.25) is 0 Å². The minimum absolute atomic E-state index is 0.0109. The molecule has 0 aliphatic carbocycles. The number of morpholine rings is 1. The van der Waals surface area contributed by atoms with Gasteiger partial charge < -0.3 is 14.1 Å². The second-order valence-corrected chi connectivity index (χ2v) is 9.68. The summed E-state index contributed by atoms with van der Waals surface area (Å²) in [5, 5.41) is 0.609. The first-order chi connectivity index (χ1) is 15.3. The lowest BCUT2D eigenvalue weighted by Crippen LogP contribution is -2.36. The van der Waals surface area contributed by atoms with Crippen molar-refractivity contribution >= 4 is 40.4 Å². The van der Waals surface area contributed by atoms with Crippen molar-refractivity contribution < 1.29 is 9.15 Å². The molecule has 154 valence electrons. The predicted molar refractivity (Wildman–Crippen MR) is 126 cm³/mol. The normalized spacial score (nSPS) is 15.5. The number of hydrogen-bond donors (Lipinski definition) is 0. The van der Waals surface area contributed by atoms with Crippen LogP contribution in [0.4, 0.5) is 5.88 Å². The number of rotatable bonds is 2. The molecule has 0 atom stereocenters. The van der Waals surface area contributed by atoms with Gasteiger partial charge in [-0.1, -0.05) is 53.9 Å². The lowest BCUT2D eigenvalue weighted by Gasteiger charge is -2.27. The SMILES string of the molecule is O=c1cc(N2CCOCC2)oc2cc(-c3cccc4c3Sc3ccccc3S4)ccc12. The number of fused-ring (bicyclic) bond motifs is 3. The third-order valence-corrected chi connectivity index (χ3v) is 8.22. The molecule has 0 unspecified atom stereocenters. The highest BCUT2D eigenvalue weighted by molar-refractivity contribution is 8.05. The first-order valence-corrected chi connectivity index (χ1v) is 11.9. The van der Waals surface area contributed by atoms with E-state index in [9.17, 15) is 4.79 Å². The highest BCUT2D eigenvalue weighted by Gasteiger charge is 2.21. The molecular weight excluding hydrogens is 426 g/mol. The van der Waals surface area contributed by atoms with E-state index in [1.54, 1.807) is 29.6 Å². The average molecular weight is 446 g/mol. The molecule has 3 aromatic carbocycles. The second kappa shape index (κ2) is 7.79. The van der Waals surface area contributed by atoms with E-state index in [-0.39, 0.29) is 5.43 Å². The fraction of sp³-hybridized carbons (Fsp3) is 0.160. The van der Waals surface area contributed by atoms with E-state index in [2.05, 4.69) is 47.4 Å². The van der Waals surface area contributed by atoms with E-state index in [1.807, 2.05) is 18.2 Å². The smallest absolute Gasteiger partial charge is 0.200 e. The van der Waals surface area contributed by atoms with Gasteiger partial charge in [-0.15, -0.1) is 0 Å². The van der Waals surface area contributed by atoms with Gasteiger partial charge in [-0.05, 0) is 41.5 Å². The largest absolute Gasteiger partial charge is 0.440 e. The molecule has 1 fully saturated rings. The zero-order valence-corrected chi connectivity index (χ0v) is 18.3. The van der Waals surface area contributed by atoms with Crippen molar-refractivity contribution in [3.05, 3.63) is 77.0 Å². The molecule has 0 N–H and O–H groups in total. The van der Waals surface area contributed by atoms with Gasteiger partial charge in [0, 0.05) is 38.7 Å². The fourth-order valence-corrected chi connectivity index (χ4v) is 6.43. The number of nitrogens with zero attached hydrogens (tertiary/aromatic N) is 1. The Balaban J connectivity index is 1.45. The topological polar surface area (TPSA) is 42.7 Å². The van der Waals surface area contributed by atoms with Crippen molar-refractivity contribution in [3.8, 4) is 11.1 Å². The standard InChI is InChI=1S/C25H19NO3S2/c27-19-15-24(26-10-12-28-13-11-26)29-20-14-16(8-9-18(19)20)17-4-3-7-23-25(17)31-22-6-2-1-5-21(22)30-23/h1-9,14-15H,10-13H2. The zero-order valence-electron chi connectivity index (χ0n) is 16.7. The molecule has 2 aliphatic heterocycles. The van der Waals surface area contributed by atoms with Crippen molar-refractivity contribution in [1.82, 2.24) is 0 Å². The predicted octanol–water partition coefficient (Wildman–Crippen LogP) is 5.91. The summed E-state index contributed by atoms with van der Waals surface area (Å²) in [6.07, 6.45) is 0. The quantitative estimate of drug-likeness (QED) is 0.336. The summed E-state index contributed by atoms with van der Waals surface area (Å²) in [7, 11) is 0. The van der Waals surface area contributed by atoms with Gasteiger partial charge in [0.15, 0.2) is 11.3 Å². The Morgan fingerprint density at radius 1 is 0.806 bits per heavy atom. The molecule has 0 spiro atoms. The molecule has 0 saturated carbocycles. The summed E-state index contributed by atoms with van der Waals surface area (Å²) in [4.78, 5) is 19.9. The molecule has 0 radical (unpaired) electrons. The van der Waals surface area contributed by atoms with Crippen LogP contribution < -0.4 is 10.3 Å². The maximum absolute atomic E-state index is 12.7. The molecule has 6 rings (SSSR count). The average Bonchev–Trinajstić information content (AvgIpc) is 2.82. The van der Waals surface area contributed by atoms with E-state index in [0.717, 1.165) is 24.2 Å². The molecular formula is C25H19NO3S2. The first kappa shape index (κ1) is 19.0. The lowest BCUT2D eigenvalue weighted by atomic mass is 10.0. The van der Waals surface area contributed by atoms with E-state index in [1.165, 1.54) is 19.6 Å². The van der Waals surface area contributed by atoms with Crippen LogP contribution in [0, 0.1) is 0 Å². The van der Waals surface area contributed by atoms with Crippen molar-refractivity contribution in [2.24, 2.45) is 0 Å². The van der Waals surface area contributed by atoms with Crippen LogP contribution in [0.3, 0.4) is 0 Å². The van der Waals surface area contributed by atoms with E-state index in [0.29, 0.717) is 30.1 Å². The maximum Gasteiger partial charge on any atom is 0.200 e. The highest BCUT2D eigenvalue weighted by Crippen LogP contribution is 2.51. The van der Waals surface area contributed by atoms with Crippen molar-refractivity contribution in [2.75, 3.05) is 31.2 Å². The van der Waals surface area contributed by atoms with Gasteiger partial charge >= 0.3 is 0 Å². The van der Waals surface area contributed by atoms with Gasteiger partial charge in [-0.25, -0.2) is 0 Å². The summed E-state index contributed by atoms with van der Waals surface area (Å²) < 4.78 is 11.6. The number of hydrogen-bond acceptors (Lipinski definition) is 6. The van der Waals surface area contributed by atoms with Gasteiger partial charge in [-0.3, -0.25) is 4.79 Å². The molecule has 3 heterocycles. The summed E-state index contributed by atoms with van der Waals surface area (Å²) >= 11 is 3.61. The van der Waals surface area contributed by atoms with Crippen molar-refractivity contribution in [3.63, 3.8) is 0 Å². The van der Waals surface area contributed by atoms with Gasteiger partial charge in [0.2, 0.25) is 0 Å². The monoisotopic (exact) mass is 445 g/mol. The maximum atomic E-state index is 12.7. The van der Waals surface area contributed by atoms with Crippen molar-refractivity contribution in [1.29, 1.82) is 0 Å². The number of ether oxygens (including phenoxy) is 1. The second-order valence-electron chi connectivity index (χ2n) is 7.54. The molecule has 4 nitrogen and oxygen atoms in total. The minimum Gasteiger partial charge on any atom is -0.440 e. The zero-order chi connectivity index (χ0) is 20.8. The molecule has 0 bridgehead atoms. The van der Waals surface area contributed by atoms with Crippen LogP contribution in [-0.2, 0) is 4.74 Å². The van der Waals surface area contributed by atoms with Crippen LogP contribution in [-0.4, -0.2) is 26.3 Å². The molecule has 1 aromatic heterocycles. The van der Waals surface area contributed by atoms with E-state index >= 15 is 0 Å².